The molecule has 20 heavy (non-hydrogen) atoms. The summed E-state index contributed by atoms with van der Waals surface area (Å²) in [5, 5.41) is 8.67. The van der Waals surface area contributed by atoms with E-state index < -0.39 is 28.8 Å². The van der Waals surface area contributed by atoms with Crippen LogP contribution in [-0.2, 0) is 6.18 Å². The van der Waals surface area contributed by atoms with Crippen molar-refractivity contribution in [1.29, 1.82) is 0 Å². The highest BCUT2D eigenvalue weighted by Gasteiger charge is 2.30. The molecule has 0 aliphatic carbocycles. The van der Waals surface area contributed by atoms with E-state index >= 15 is 0 Å². The van der Waals surface area contributed by atoms with Crippen LogP contribution < -0.4 is 5.56 Å². The predicted octanol–water partition coefficient (Wildman–Crippen LogP) is 2.15. The first-order valence-electron chi connectivity index (χ1n) is 5.29. The van der Waals surface area contributed by atoms with E-state index in [0.717, 1.165) is 30.5 Å². The van der Waals surface area contributed by atoms with Crippen LogP contribution in [-0.4, -0.2) is 21.0 Å². The number of carboxylic acids is 1. The number of H-pyrrole nitrogens is 1. The molecule has 1 aromatic carbocycles. The lowest BCUT2D eigenvalue weighted by Gasteiger charge is -2.07. The Labute approximate surface area is 109 Å². The maximum Gasteiger partial charge on any atom is 0.416 e. The van der Waals surface area contributed by atoms with Crippen molar-refractivity contribution in [2.75, 3.05) is 0 Å². The van der Waals surface area contributed by atoms with Gasteiger partial charge in [0, 0.05) is 11.8 Å². The molecular weight excluding hydrogens is 277 g/mol. The van der Waals surface area contributed by atoms with Gasteiger partial charge in [-0.25, -0.2) is 4.79 Å². The average Bonchev–Trinajstić information content (AvgIpc) is 2.37. The fourth-order valence-corrected chi connectivity index (χ4v) is 1.51. The molecule has 2 rings (SSSR count). The van der Waals surface area contributed by atoms with Gasteiger partial charge in [0.05, 0.1) is 5.56 Å². The van der Waals surface area contributed by atoms with Crippen molar-refractivity contribution in [3.8, 4) is 11.4 Å². The topological polar surface area (TPSA) is 83.0 Å². The lowest BCUT2D eigenvalue weighted by molar-refractivity contribution is -0.137. The van der Waals surface area contributed by atoms with Gasteiger partial charge in [0.25, 0.3) is 5.56 Å². The zero-order chi connectivity index (χ0) is 14.9. The lowest BCUT2D eigenvalue weighted by Crippen LogP contribution is -2.18. The van der Waals surface area contributed by atoms with E-state index in [1.165, 1.54) is 0 Å². The summed E-state index contributed by atoms with van der Waals surface area (Å²) in [6.45, 7) is 0. The summed E-state index contributed by atoms with van der Waals surface area (Å²) in [4.78, 5) is 28.0. The molecule has 0 atom stereocenters. The largest absolute Gasteiger partial charge is 0.477 e. The van der Waals surface area contributed by atoms with Gasteiger partial charge in [0.1, 0.15) is 11.4 Å². The highest BCUT2D eigenvalue weighted by Crippen LogP contribution is 2.30. The molecule has 5 nitrogen and oxygen atoms in total. The maximum atomic E-state index is 12.4. The zero-order valence-corrected chi connectivity index (χ0v) is 9.73. The molecule has 0 radical (unpaired) electrons. The van der Waals surface area contributed by atoms with Gasteiger partial charge in [0.2, 0.25) is 0 Å². The molecule has 104 valence electrons. The second-order valence-corrected chi connectivity index (χ2v) is 3.85. The third kappa shape index (κ3) is 2.68. The van der Waals surface area contributed by atoms with E-state index in [9.17, 15) is 22.8 Å². The molecule has 1 aromatic heterocycles. The molecular formula is C12H7F3N2O3. The number of alkyl halides is 3. The molecule has 0 fully saturated rings. The van der Waals surface area contributed by atoms with Crippen LogP contribution >= 0.6 is 0 Å². The van der Waals surface area contributed by atoms with Crippen LogP contribution in [0.25, 0.3) is 11.4 Å². The highest BCUT2D eigenvalue weighted by molar-refractivity contribution is 5.86. The molecule has 0 aliphatic heterocycles. The number of aromatic carboxylic acids is 1. The molecule has 0 aliphatic rings. The van der Waals surface area contributed by atoms with Crippen LogP contribution in [0, 0.1) is 0 Å². The number of hydrogen-bond acceptors (Lipinski definition) is 3. The summed E-state index contributed by atoms with van der Waals surface area (Å²) in [6.07, 6.45) is -3.50. The third-order valence-electron chi connectivity index (χ3n) is 2.51. The summed E-state index contributed by atoms with van der Waals surface area (Å²) in [6, 6.07) is 3.98. The SMILES string of the molecule is O=C(O)c1c[nH]c(-c2ccc(C(F)(F)F)cc2)nc1=O. The van der Waals surface area contributed by atoms with Crippen molar-refractivity contribution < 1.29 is 23.1 Å². The summed E-state index contributed by atoms with van der Waals surface area (Å²) in [5.74, 6) is -1.44. The Morgan fingerprint density at radius 2 is 1.80 bits per heavy atom. The van der Waals surface area contributed by atoms with Crippen LogP contribution in [0.4, 0.5) is 13.2 Å². The number of aromatic amines is 1. The Bertz CT molecular complexity index is 705. The predicted molar refractivity (Wildman–Crippen MR) is 62.3 cm³/mol. The first-order valence-corrected chi connectivity index (χ1v) is 5.29. The van der Waals surface area contributed by atoms with E-state index in [-0.39, 0.29) is 11.4 Å². The molecule has 2 N–H and O–H groups in total. The van der Waals surface area contributed by atoms with Crippen molar-refractivity contribution in [2.24, 2.45) is 0 Å². The quantitative estimate of drug-likeness (QED) is 0.885. The zero-order valence-electron chi connectivity index (χ0n) is 9.73. The number of nitrogens with one attached hydrogen (secondary N) is 1. The number of aromatic nitrogens is 2. The summed E-state index contributed by atoms with van der Waals surface area (Å²) in [5.41, 5.74) is -2.09. The Hall–Kier alpha value is -2.64. The van der Waals surface area contributed by atoms with Crippen LogP contribution in [0.2, 0.25) is 0 Å². The van der Waals surface area contributed by atoms with Crippen molar-refractivity contribution in [3.63, 3.8) is 0 Å². The van der Waals surface area contributed by atoms with Crippen molar-refractivity contribution in [3.05, 3.63) is 51.9 Å². The van der Waals surface area contributed by atoms with Crippen molar-refractivity contribution in [2.45, 2.75) is 6.18 Å². The molecule has 0 amide bonds. The second-order valence-electron chi connectivity index (χ2n) is 3.85. The number of benzene rings is 1. The Kier molecular flexibility index (Phi) is 3.31. The Morgan fingerprint density at radius 3 is 2.25 bits per heavy atom. The van der Waals surface area contributed by atoms with Gasteiger partial charge < -0.3 is 10.1 Å². The fourth-order valence-electron chi connectivity index (χ4n) is 1.51. The Balaban J connectivity index is 2.40. The number of halogens is 3. The van der Waals surface area contributed by atoms with E-state index in [1.807, 2.05) is 0 Å². The van der Waals surface area contributed by atoms with Gasteiger partial charge in [-0.2, -0.15) is 18.2 Å². The second kappa shape index (κ2) is 4.80. The van der Waals surface area contributed by atoms with Crippen LogP contribution in [0.5, 0.6) is 0 Å². The smallest absolute Gasteiger partial charge is 0.416 e. The van der Waals surface area contributed by atoms with Gasteiger partial charge in [-0.05, 0) is 12.1 Å². The maximum absolute atomic E-state index is 12.4. The average molecular weight is 284 g/mol. The van der Waals surface area contributed by atoms with E-state index in [1.54, 1.807) is 0 Å². The number of hydrogen-bond donors (Lipinski definition) is 2. The Morgan fingerprint density at radius 1 is 1.20 bits per heavy atom. The number of rotatable bonds is 2. The lowest BCUT2D eigenvalue weighted by atomic mass is 10.1. The van der Waals surface area contributed by atoms with Crippen LogP contribution in [0.15, 0.2) is 35.3 Å². The summed E-state index contributed by atoms with van der Waals surface area (Å²) in [7, 11) is 0. The highest BCUT2D eigenvalue weighted by atomic mass is 19.4. The molecule has 0 saturated carbocycles. The molecule has 0 spiro atoms. The van der Waals surface area contributed by atoms with Gasteiger partial charge in [-0.15, -0.1) is 0 Å². The van der Waals surface area contributed by atoms with Crippen molar-refractivity contribution >= 4 is 5.97 Å². The summed E-state index contributed by atoms with van der Waals surface area (Å²) < 4.78 is 37.2. The number of nitrogens with zero attached hydrogens (tertiary/aromatic N) is 1. The van der Waals surface area contributed by atoms with Crippen LogP contribution in [0.3, 0.4) is 0 Å². The van der Waals surface area contributed by atoms with E-state index in [4.69, 9.17) is 5.11 Å². The van der Waals surface area contributed by atoms with E-state index in [0.29, 0.717) is 0 Å². The minimum Gasteiger partial charge on any atom is -0.477 e. The monoisotopic (exact) mass is 284 g/mol. The van der Waals surface area contributed by atoms with Gasteiger partial charge in [0.15, 0.2) is 0 Å². The minimum atomic E-state index is -4.45. The fraction of sp³-hybridized carbons (Fsp3) is 0.0833. The third-order valence-corrected chi connectivity index (χ3v) is 2.51. The first kappa shape index (κ1) is 13.8. The number of carbonyl (C=O) groups is 1. The van der Waals surface area contributed by atoms with Gasteiger partial charge in [-0.1, -0.05) is 12.1 Å². The van der Waals surface area contributed by atoms with Gasteiger partial charge in [-0.3, -0.25) is 4.79 Å². The van der Waals surface area contributed by atoms with Crippen molar-refractivity contribution in [1.82, 2.24) is 9.97 Å². The van der Waals surface area contributed by atoms with Crippen LogP contribution in [0.1, 0.15) is 15.9 Å². The molecule has 0 saturated heterocycles. The van der Waals surface area contributed by atoms with Gasteiger partial charge >= 0.3 is 12.1 Å². The molecule has 0 unspecified atom stereocenters. The summed E-state index contributed by atoms with van der Waals surface area (Å²) >= 11 is 0. The number of carboxylic acid groups (broad SMARTS) is 1. The normalized spacial score (nSPS) is 11.3. The standard InChI is InChI=1S/C12H7F3N2O3/c13-12(14,15)7-3-1-6(2-4-7)9-16-5-8(11(19)20)10(18)17-9/h1-5H,(H,19,20)(H,16,17,18). The molecule has 2 aromatic rings. The molecule has 8 heteroatoms. The minimum absolute atomic E-state index is 0.00581. The first-order chi connectivity index (χ1) is 9.29. The molecule has 0 bridgehead atoms. The van der Waals surface area contributed by atoms with E-state index in [2.05, 4.69) is 9.97 Å². The molecule has 1 heterocycles.